The normalized spacial score (nSPS) is 15.1. The molecule has 1 aliphatic rings. The maximum atomic E-state index is 14.0. The molecule has 1 saturated heterocycles. The van der Waals surface area contributed by atoms with Crippen molar-refractivity contribution in [3.05, 3.63) is 71.3 Å². The maximum Gasteiger partial charge on any atom is 0.256 e. The lowest BCUT2D eigenvalue weighted by Gasteiger charge is -2.36. The van der Waals surface area contributed by atoms with Crippen molar-refractivity contribution in [1.82, 2.24) is 15.5 Å². The molecule has 0 aliphatic carbocycles. The molecule has 0 unspecified atom stereocenters. The fourth-order valence-electron chi connectivity index (χ4n) is 3.85. The van der Waals surface area contributed by atoms with Crippen LogP contribution in [0.15, 0.2) is 48.5 Å². The Hall–Kier alpha value is -3.33. The van der Waals surface area contributed by atoms with E-state index in [1.807, 2.05) is 0 Å². The van der Waals surface area contributed by atoms with Crippen molar-refractivity contribution in [1.29, 1.82) is 0 Å². The summed E-state index contributed by atoms with van der Waals surface area (Å²) in [5, 5.41) is 5.50. The van der Waals surface area contributed by atoms with Crippen LogP contribution in [-0.2, 0) is 9.53 Å². The average molecular weight is 459 g/mol. The Bertz CT molecular complexity index is 976. The molecule has 2 N–H and O–H groups in total. The number of halogens is 2. The van der Waals surface area contributed by atoms with Crippen molar-refractivity contribution in [3.63, 3.8) is 0 Å². The molecule has 0 spiro atoms. The van der Waals surface area contributed by atoms with E-state index >= 15 is 0 Å². The van der Waals surface area contributed by atoms with Gasteiger partial charge in [0.15, 0.2) is 0 Å². The summed E-state index contributed by atoms with van der Waals surface area (Å²) in [7, 11) is 1.52. The van der Waals surface area contributed by atoms with Crippen LogP contribution in [-0.4, -0.2) is 62.0 Å². The molecule has 33 heavy (non-hydrogen) atoms. The first-order valence-corrected chi connectivity index (χ1v) is 10.8. The Morgan fingerprint density at radius 1 is 1.06 bits per heavy atom. The minimum absolute atomic E-state index is 0.00872. The molecule has 0 aromatic heterocycles. The number of carbonyl (C=O) groups excluding carboxylic acids is 3. The number of ether oxygens (including phenoxy) is 1. The largest absolute Gasteiger partial charge is 0.383 e. The summed E-state index contributed by atoms with van der Waals surface area (Å²) in [5.74, 6) is -2.53. The first-order valence-electron chi connectivity index (χ1n) is 10.8. The van der Waals surface area contributed by atoms with Gasteiger partial charge in [-0.3, -0.25) is 14.4 Å². The minimum Gasteiger partial charge on any atom is -0.383 e. The molecular formula is C24H27F2N3O4. The Balaban J connectivity index is 1.68. The summed E-state index contributed by atoms with van der Waals surface area (Å²) in [6.07, 6.45) is 0.901. The standard InChI is InChI=1S/C24H27F2N3O4/c1-33-15-12-27-23(31)21(28-22(30)17-6-8-18(25)9-7-17)16-10-13-29(14-11-16)24(32)19-4-2-3-5-20(19)26/h2-9,16,21H,10-15H2,1H3,(H,27,31)(H,28,30)/t21-/m1/s1. The van der Waals surface area contributed by atoms with Gasteiger partial charge in [-0.25, -0.2) is 8.78 Å². The number of hydrogen-bond acceptors (Lipinski definition) is 4. The topological polar surface area (TPSA) is 87.7 Å². The molecular weight excluding hydrogens is 432 g/mol. The third kappa shape index (κ3) is 6.35. The van der Waals surface area contributed by atoms with E-state index in [2.05, 4.69) is 10.6 Å². The molecule has 3 amide bonds. The minimum atomic E-state index is -0.842. The summed E-state index contributed by atoms with van der Waals surface area (Å²) < 4.78 is 32.2. The van der Waals surface area contributed by atoms with E-state index in [1.165, 1.54) is 49.6 Å². The van der Waals surface area contributed by atoms with E-state index in [1.54, 1.807) is 11.0 Å². The van der Waals surface area contributed by atoms with Crippen LogP contribution < -0.4 is 10.6 Å². The van der Waals surface area contributed by atoms with E-state index < -0.39 is 29.5 Å². The van der Waals surface area contributed by atoms with Gasteiger partial charge in [0.2, 0.25) is 5.91 Å². The zero-order valence-corrected chi connectivity index (χ0v) is 18.4. The lowest BCUT2D eigenvalue weighted by molar-refractivity contribution is -0.124. The molecule has 176 valence electrons. The Morgan fingerprint density at radius 3 is 2.36 bits per heavy atom. The molecule has 2 aromatic carbocycles. The fraction of sp³-hybridized carbons (Fsp3) is 0.375. The number of methoxy groups -OCH3 is 1. The van der Waals surface area contributed by atoms with Crippen LogP contribution in [0.4, 0.5) is 8.78 Å². The van der Waals surface area contributed by atoms with Gasteiger partial charge in [-0.15, -0.1) is 0 Å². The summed E-state index contributed by atoms with van der Waals surface area (Å²) in [6, 6.07) is 10.0. The summed E-state index contributed by atoms with van der Waals surface area (Å²) >= 11 is 0. The van der Waals surface area contributed by atoms with Crippen molar-refractivity contribution in [2.75, 3.05) is 33.4 Å². The van der Waals surface area contributed by atoms with Gasteiger partial charge in [0.1, 0.15) is 17.7 Å². The van der Waals surface area contributed by atoms with Crippen LogP contribution in [0.2, 0.25) is 0 Å². The van der Waals surface area contributed by atoms with Gasteiger partial charge < -0.3 is 20.3 Å². The molecule has 1 fully saturated rings. The van der Waals surface area contributed by atoms with Crippen LogP contribution >= 0.6 is 0 Å². The number of nitrogens with zero attached hydrogens (tertiary/aromatic N) is 1. The summed E-state index contributed by atoms with van der Waals surface area (Å²) in [4.78, 5) is 39.8. The van der Waals surface area contributed by atoms with Gasteiger partial charge in [-0.05, 0) is 55.2 Å². The van der Waals surface area contributed by atoms with Gasteiger partial charge in [0.05, 0.1) is 12.2 Å². The molecule has 2 aromatic rings. The van der Waals surface area contributed by atoms with Crippen molar-refractivity contribution >= 4 is 17.7 Å². The number of benzene rings is 2. The molecule has 3 rings (SSSR count). The van der Waals surface area contributed by atoms with Crippen molar-refractivity contribution in [2.45, 2.75) is 18.9 Å². The van der Waals surface area contributed by atoms with E-state index in [0.29, 0.717) is 32.5 Å². The van der Waals surface area contributed by atoms with Crippen molar-refractivity contribution < 1.29 is 27.9 Å². The van der Waals surface area contributed by atoms with Gasteiger partial charge in [0, 0.05) is 32.3 Å². The monoisotopic (exact) mass is 459 g/mol. The second-order valence-corrected chi connectivity index (χ2v) is 7.85. The van der Waals surface area contributed by atoms with Crippen molar-refractivity contribution in [2.24, 2.45) is 5.92 Å². The Kier molecular flexibility index (Phi) is 8.48. The zero-order chi connectivity index (χ0) is 23.8. The summed E-state index contributed by atoms with van der Waals surface area (Å²) in [5.41, 5.74) is 0.243. The number of piperidine rings is 1. The highest BCUT2D eigenvalue weighted by atomic mass is 19.1. The number of hydrogen-bond donors (Lipinski definition) is 2. The van der Waals surface area contributed by atoms with E-state index in [-0.39, 0.29) is 29.5 Å². The molecule has 0 bridgehead atoms. The van der Waals surface area contributed by atoms with Crippen molar-refractivity contribution in [3.8, 4) is 0 Å². The van der Waals surface area contributed by atoms with Crippen LogP contribution in [0.25, 0.3) is 0 Å². The smallest absolute Gasteiger partial charge is 0.256 e. The van der Waals surface area contributed by atoms with Crippen LogP contribution in [0.5, 0.6) is 0 Å². The van der Waals surface area contributed by atoms with E-state index in [4.69, 9.17) is 4.74 Å². The molecule has 9 heteroatoms. The molecule has 1 atom stereocenters. The highest BCUT2D eigenvalue weighted by molar-refractivity contribution is 5.97. The third-order valence-electron chi connectivity index (χ3n) is 5.68. The molecule has 7 nitrogen and oxygen atoms in total. The van der Waals surface area contributed by atoms with Crippen LogP contribution in [0.3, 0.4) is 0 Å². The Morgan fingerprint density at radius 2 is 1.73 bits per heavy atom. The van der Waals surface area contributed by atoms with Gasteiger partial charge in [-0.2, -0.15) is 0 Å². The second-order valence-electron chi connectivity index (χ2n) is 7.85. The lowest BCUT2D eigenvalue weighted by Crippen LogP contribution is -2.54. The average Bonchev–Trinajstić information content (AvgIpc) is 2.83. The quantitative estimate of drug-likeness (QED) is 0.594. The first-order chi connectivity index (χ1) is 15.9. The highest BCUT2D eigenvalue weighted by Crippen LogP contribution is 2.23. The fourth-order valence-corrected chi connectivity index (χ4v) is 3.85. The lowest BCUT2D eigenvalue weighted by atomic mass is 9.88. The number of rotatable bonds is 8. The van der Waals surface area contributed by atoms with E-state index in [9.17, 15) is 23.2 Å². The SMILES string of the molecule is COCCNC(=O)[C@H](NC(=O)c1ccc(F)cc1)C1CCN(C(=O)c2ccccc2F)CC1. The van der Waals surface area contributed by atoms with Crippen LogP contribution in [0.1, 0.15) is 33.6 Å². The third-order valence-corrected chi connectivity index (χ3v) is 5.68. The molecule has 0 saturated carbocycles. The predicted molar refractivity (Wildman–Crippen MR) is 118 cm³/mol. The number of carbonyl (C=O) groups is 3. The van der Waals surface area contributed by atoms with E-state index in [0.717, 1.165) is 0 Å². The Labute approximate surface area is 191 Å². The predicted octanol–water partition coefficient (Wildman–Crippen LogP) is 2.38. The van der Waals surface area contributed by atoms with Crippen LogP contribution in [0, 0.1) is 17.6 Å². The molecule has 1 aliphatic heterocycles. The zero-order valence-electron chi connectivity index (χ0n) is 18.4. The molecule has 1 heterocycles. The number of nitrogens with one attached hydrogen (secondary N) is 2. The second kappa shape index (κ2) is 11.5. The van der Waals surface area contributed by atoms with Gasteiger partial charge >= 0.3 is 0 Å². The first kappa shape index (κ1) is 24.3. The molecule has 0 radical (unpaired) electrons. The highest BCUT2D eigenvalue weighted by Gasteiger charge is 2.34. The number of likely N-dealkylation sites (tertiary alicyclic amines) is 1. The van der Waals surface area contributed by atoms with Gasteiger partial charge in [-0.1, -0.05) is 12.1 Å². The van der Waals surface area contributed by atoms with Gasteiger partial charge in [0.25, 0.3) is 11.8 Å². The summed E-state index contributed by atoms with van der Waals surface area (Å²) in [6.45, 7) is 1.25. The maximum absolute atomic E-state index is 14.0. The number of amides is 3.